The summed E-state index contributed by atoms with van der Waals surface area (Å²) in [7, 11) is -3.46. The van der Waals surface area contributed by atoms with Crippen LogP contribution in [0, 0.1) is 12.3 Å². The first-order valence-corrected chi connectivity index (χ1v) is 9.61. The monoisotopic (exact) mass is 340 g/mol. The minimum Gasteiger partial charge on any atom is -0.352 e. The number of benzene rings is 1. The lowest BCUT2D eigenvalue weighted by Crippen LogP contribution is -2.55. The van der Waals surface area contributed by atoms with Crippen molar-refractivity contribution in [3.8, 4) is 0 Å². The highest BCUT2D eigenvalue weighted by Crippen LogP contribution is 2.20. The highest BCUT2D eigenvalue weighted by Gasteiger charge is 2.34. The largest absolute Gasteiger partial charge is 0.352 e. The molecule has 1 aromatic carbocycles. The second-order valence-corrected chi connectivity index (χ2v) is 9.01. The molecule has 2 N–H and O–H groups in total. The molecule has 0 saturated carbocycles. The average molecular weight is 340 g/mol. The minimum atomic E-state index is -3.46. The molecular weight excluding hydrogens is 312 g/mol. The van der Waals surface area contributed by atoms with Crippen molar-refractivity contribution in [1.82, 2.24) is 10.0 Å². The summed E-state index contributed by atoms with van der Waals surface area (Å²) in [5, 5.41) is 2.92. The van der Waals surface area contributed by atoms with E-state index in [1.54, 1.807) is 0 Å². The van der Waals surface area contributed by atoms with Gasteiger partial charge in [-0.15, -0.1) is 0 Å². The third-order valence-electron chi connectivity index (χ3n) is 3.64. The van der Waals surface area contributed by atoms with Crippen molar-refractivity contribution in [3.05, 3.63) is 35.4 Å². The van der Waals surface area contributed by atoms with E-state index in [0.717, 1.165) is 6.26 Å². The van der Waals surface area contributed by atoms with E-state index >= 15 is 0 Å². The zero-order chi connectivity index (χ0) is 17.8. The Morgan fingerprint density at radius 3 is 2.26 bits per heavy atom. The van der Waals surface area contributed by atoms with E-state index in [9.17, 15) is 13.2 Å². The van der Waals surface area contributed by atoms with Gasteiger partial charge in [0.2, 0.25) is 15.9 Å². The maximum atomic E-state index is 12.5. The molecule has 0 spiro atoms. The molecular formula is C17H28N2O3S. The standard InChI is InChI=1S/C17H28N2O3S/c1-12-9-7-8-10-14(12)11-13(2)18-16(20)15(17(3,4)5)19-23(6,21)22/h7-10,13,15,19H,11H2,1-6H3,(H,18,20)/t13-,15-/m1/s1. The van der Waals surface area contributed by atoms with Crippen LogP contribution in [0.1, 0.15) is 38.8 Å². The van der Waals surface area contributed by atoms with Gasteiger partial charge in [0.05, 0.1) is 6.26 Å². The summed E-state index contributed by atoms with van der Waals surface area (Å²) < 4.78 is 25.5. The molecule has 5 nitrogen and oxygen atoms in total. The van der Waals surface area contributed by atoms with Gasteiger partial charge in [-0.05, 0) is 36.8 Å². The van der Waals surface area contributed by atoms with Gasteiger partial charge >= 0.3 is 0 Å². The van der Waals surface area contributed by atoms with Gasteiger partial charge in [-0.25, -0.2) is 13.1 Å². The van der Waals surface area contributed by atoms with Crippen LogP contribution in [0.3, 0.4) is 0 Å². The van der Waals surface area contributed by atoms with Gasteiger partial charge < -0.3 is 5.32 Å². The second kappa shape index (κ2) is 7.45. The number of amides is 1. The Hall–Kier alpha value is -1.40. The molecule has 0 aliphatic heterocycles. The van der Waals surface area contributed by atoms with Crippen LogP contribution in [0.4, 0.5) is 0 Å². The second-order valence-electron chi connectivity index (χ2n) is 7.23. The third kappa shape index (κ3) is 6.71. The van der Waals surface area contributed by atoms with Crippen LogP contribution in [-0.2, 0) is 21.2 Å². The summed E-state index contributed by atoms with van der Waals surface area (Å²) in [6, 6.07) is 7.13. The molecule has 0 bridgehead atoms. The van der Waals surface area contributed by atoms with E-state index in [0.29, 0.717) is 6.42 Å². The first kappa shape index (κ1) is 19.6. The maximum Gasteiger partial charge on any atom is 0.238 e. The van der Waals surface area contributed by atoms with Crippen molar-refractivity contribution in [2.24, 2.45) is 5.41 Å². The van der Waals surface area contributed by atoms with Crippen LogP contribution in [0.15, 0.2) is 24.3 Å². The van der Waals surface area contributed by atoms with Crippen LogP contribution in [0.5, 0.6) is 0 Å². The van der Waals surface area contributed by atoms with E-state index in [1.165, 1.54) is 11.1 Å². The number of rotatable bonds is 6. The highest BCUT2D eigenvalue weighted by molar-refractivity contribution is 7.88. The highest BCUT2D eigenvalue weighted by atomic mass is 32.2. The number of carbonyl (C=O) groups is 1. The Balaban J connectivity index is 2.80. The molecule has 0 saturated heterocycles. The maximum absolute atomic E-state index is 12.5. The SMILES string of the molecule is Cc1ccccc1C[C@@H](C)NC(=O)[C@@H](NS(C)(=O)=O)C(C)(C)C. The number of aryl methyl sites for hydroxylation is 1. The smallest absolute Gasteiger partial charge is 0.238 e. The number of sulfonamides is 1. The van der Waals surface area contributed by atoms with Gasteiger partial charge in [0.15, 0.2) is 0 Å². The zero-order valence-electron chi connectivity index (χ0n) is 14.8. The van der Waals surface area contributed by atoms with E-state index < -0.39 is 21.5 Å². The fourth-order valence-electron chi connectivity index (χ4n) is 2.38. The first-order chi connectivity index (χ1) is 10.4. The summed E-state index contributed by atoms with van der Waals surface area (Å²) in [6.07, 6.45) is 1.77. The first-order valence-electron chi connectivity index (χ1n) is 7.72. The summed E-state index contributed by atoms with van der Waals surface area (Å²) in [5.74, 6) is -0.302. The van der Waals surface area contributed by atoms with E-state index in [1.807, 2.05) is 58.9 Å². The number of nitrogens with one attached hydrogen (secondary N) is 2. The van der Waals surface area contributed by atoms with Gasteiger partial charge in [0.1, 0.15) is 6.04 Å². The number of hydrogen-bond donors (Lipinski definition) is 2. The molecule has 23 heavy (non-hydrogen) atoms. The molecule has 0 unspecified atom stereocenters. The van der Waals surface area contributed by atoms with E-state index in [-0.39, 0.29) is 11.9 Å². The van der Waals surface area contributed by atoms with Crippen molar-refractivity contribution in [2.45, 2.75) is 53.1 Å². The van der Waals surface area contributed by atoms with Gasteiger partial charge in [-0.2, -0.15) is 0 Å². The Bertz CT molecular complexity index is 648. The number of hydrogen-bond acceptors (Lipinski definition) is 3. The quantitative estimate of drug-likeness (QED) is 0.832. The molecule has 1 aromatic rings. The van der Waals surface area contributed by atoms with Crippen LogP contribution in [0.25, 0.3) is 0 Å². The lowest BCUT2D eigenvalue weighted by atomic mass is 9.86. The lowest BCUT2D eigenvalue weighted by molar-refractivity contribution is -0.125. The molecule has 0 fully saturated rings. The Labute approximate surface area is 139 Å². The van der Waals surface area contributed by atoms with Crippen LogP contribution >= 0.6 is 0 Å². The van der Waals surface area contributed by atoms with Crippen molar-refractivity contribution in [1.29, 1.82) is 0 Å². The lowest BCUT2D eigenvalue weighted by Gasteiger charge is -2.30. The molecule has 6 heteroatoms. The van der Waals surface area contributed by atoms with Gasteiger partial charge in [-0.1, -0.05) is 45.0 Å². The molecule has 0 heterocycles. The van der Waals surface area contributed by atoms with Gasteiger partial charge in [0, 0.05) is 6.04 Å². The summed E-state index contributed by atoms with van der Waals surface area (Å²) in [6.45, 7) is 9.46. The molecule has 1 amide bonds. The number of carbonyl (C=O) groups excluding carboxylic acids is 1. The van der Waals surface area contributed by atoms with Gasteiger partial charge in [-0.3, -0.25) is 4.79 Å². The Kier molecular flexibility index (Phi) is 6.36. The molecule has 0 aliphatic carbocycles. The van der Waals surface area contributed by atoms with E-state index in [2.05, 4.69) is 10.0 Å². The van der Waals surface area contributed by atoms with Crippen LogP contribution in [-0.4, -0.2) is 32.7 Å². The zero-order valence-corrected chi connectivity index (χ0v) is 15.6. The van der Waals surface area contributed by atoms with E-state index in [4.69, 9.17) is 0 Å². The molecule has 0 aromatic heterocycles. The van der Waals surface area contributed by atoms with Crippen molar-refractivity contribution in [2.75, 3.05) is 6.26 Å². The van der Waals surface area contributed by atoms with Gasteiger partial charge in [0.25, 0.3) is 0 Å². The molecule has 2 atom stereocenters. The fourth-order valence-corrected chi connectivity index (χ4v) is 3.27. The molecule has 0 radical (unpaired) electrons. The normalized spacial score (nSPS) is 15.0. The minimum absolute atomic E-state index is 0.0881. The topological polar surface area (TPSA) is 75.3 Å². The van der Waals surface area contributed by atoms with Crippen LogP contribution < -0.4 is 10.0 Å². The van der Waals surface area contributed by atoms with Crippen molar-refractivity contribution >= 4 is 15.9 Å². The predicted molar refractivity (Wildman–Crippen MR) is 93.7 cm³/mol. The third-order valence-corrected chi connectivity index (χ3v) is 4.30. The average Bonchev–Trinajstić information content (AvgIpc) is 2.36. The van der Waals surface area contributed by atoms with Crippen molar-refractivity contribution < 1.29 is 13.2 Å². The van der Waals surface area contributed by atoms with Crippen LogP contribution in [0.2, 0.25) is 0 Å². The summed E-state index contributed by atoms with van der Waals surface area (Å²) in [4.78, 5) is 12.5. The summed E-state index contributed by atoms with van der Waals surface area (Å²) in [5.41, 5.74) is 1.83. The summed E-state index contributed by atoms with van der Waals surface area (Å²) >= 11 is 0. The van der Waals surface area contributed by atoms with Crippen molar-refractivity contribution in [3.63, 3.8) is 0 Å². The molecule has 0 aliphatic rings. The Morgan fingerprint density at radius 2 is 1.78 bits per heavy atom. The Morgan fingerprint density at radius 1 is 1.22 bits per heavy atom. The molecule has 1 rings (SSSR count). The predicted octanol–water partition coefficient (Wildman–Crippen LogP) is 2.01. The molecule has 130 valence electrons. The fraction of sp³-hybridized carbons (Fsp3) is 0.588.